The average molecular weight is 433 g/mol. The number of aryl methyl sites for hydroxylation is 1. The highest BCUT2D eigenvalue weighted by atomic mass is 35.5. The first-order valence-corrected chi connectivity index (χ1v) is 9.70. The van der Waals surface area contributed by atoms with Gasteiger partial charge in [0.15, 0.2) is 0 Å². The van der Waals surface area contributed by atoms with Gasteiger partial charge in [-0.25, -0.2) is 9.37 Å². The molecule has 2 aromatic carbocycles. The zero-order valence-corrected chi connectivity index (χ0v) is 16.7. The number of carbonyl (C=O) groups excluding carboxylic acids is 1. The van der Waals surface area contributed by atoms with Crippen LogP contribution >= 0.6 is 34.5 Å². The number of hydrogen-bond donors (Lipinski definition) is 0. The van der Waals surface area contributed by atoms with Crippen molar-refractivity contribution in [3.05, 3.63) is 80.7 Å². The van der Waals surface area contributed by atoms with E-state index in [9.17, 15) is 9.18 Å². The third-order valence-corrected chi connectivity index (χ3v) is 5.69. The minimum absolute atomic E-state index is 0.136. The summed E-state index contributed by atoms with van der Waals surface area (Å²) < 4.78 is 19.7. The highest BCUT2D eigenvalue weighted by Gasteiger charge is 2.24. The van der Waals surface area contributed by atoms with E-state index >= 15 is 0 Å². The third kappa shape index (κ3) is 3.35. The quantitative estimate of drug-likeness (QED) is 0.347. The summed E-state index contributed by atoms with van der Waals surface area (Å²) in [5, 5.41) is 5.23. The topological polar surface area (TPSA) is 56.0 Å². The smallest absolute Gasteiger partial charge is 0.204 e. The van der Waals surface area contributed by atoms with Gasteiger partial charge in [0.1, 0.15) is 22.3 Å². The Balaban J connectivity index is 1.77. The number of hydrogen-bond acceptors (Lipinski definition) is 5. The lowest BCUT2D eigenvalue weighted by Crippen LogP contribution is -1.97. The second-order valence-electron chi connectivity index (χ2n) is 5.92. The monoisotopic (exact) mass is 432 g/mol. The largest absolute Gasteiger partial charge is 0.360 e. The predicted molar refractivity (Wildman–Crippen MR) is 108 cm³/mol. The number of aromatic nitrogens is 2. The average Bonchev–Trinajstić information content (AvgIpc) is 3.28. The Morgan fingerprint density at radius 2 is 1.86 bits per heavy atom. The van der Waals surface area contributed by atoms with Crippen LogP contribution in [-0.2, 0) is 0 Å². The van der Waals surface area contributed by atoms with Gasteiger partial charge in [0.25, 0.3) is 0 Å². The van der Waals surface area contributed by atoms with E-state index in [4.69, 9.17) is 27.7 Å². The molecule has 0 spiro atoms. The van der Waals surface area contributed by atoms with Gasteiger partial charge in [0, 0.05) is 16.8 Å². The molecule has 0 bridgehead atoms. The first-order valence-electron chi connectivity index (χ1n) is 8.13. The minimum Gasteiger partial charge on any atom is -0.360 e. The van der Waals surface area contributed by atoms with Crippen molar-refractivity contribution in [3.8, 4) is 21.8 Å². The van der Waals surface area contributed by atoms with Crippen LogP contribution in [0.1, 0.15) is 21.0 Å². The van der Waals surface area contributed by atoms with Crippen molar-refractivity contribution in [1.29, 1.82) is 0 Å². The molecular formula is C20H11Cl2FN2O2S. The van der Waals surface area contributed by atoms with Crippen LogP contribution in [0.5, 0.6) is 0 Å². The molecule has 0 saturated carbocycles. The van der Waals surface area contributed by atoms with E-state index in [1.165, 1.54) is 29.7 Å². The van der Waals surface area contributed by atoms with Crippen LogP contribution in [0.25, 0.3) is 21.8 Å². The maximum absolute atomic E-state index is 14.4. The fourth-order valence-corrected chi connectivity index (χ4v) is 4.11. The first kappa shape index (κ1) is 18.8. The van der Waals surface area contributed by atoms with Gasteiger partial charge in [-0.05, 0) is 43.3 Å². The van der Waals surface area contributed by atoms with Crippen molar-refractivity contribution in [3.63, 3.8) is 0 Å². The molecule has 4 aromatic rings. The molecule has 2 aromatic heterocycles. The van der Waals surface area contributed by atoms with Crippen molar-refractivity contribution < 1.29 is 13.7 Å². The molecule has 0 N–H and O–H groups in total. The molecule has 2 heterocycles. The fourth-order valence-electron chi connectivity index (χ4n) is 2.76. The molecule has 0 unspecified atom stereocenters. The molecule has 0 amide bonds. The van der Waals surface area contributed by atoms with E-state index < -0.39 is 5.82 Å². The van der Waals surface area contributed by atoms with Gasteiger partial charge in [0.05, 0.1) is 21.0 Å². The maximum Gasteiger partial charge on any atom is 0.204 e. The Labute approximate surface area is 173 Å². The summed E-state index contributed by atoms with van der Waals surface area (Å²) in [5.41, 5.74) is 1.39. The van der Waals surface area contributed by atoms with E-state index in [1.54, 1.807) is 37.3 Å². The molecular weight excluding hydrogens is 422 g/mol. The number of halogens is 3. The molecule has 0 aliphatic rings. The number of nitrogens with zero attached hydrogens (tertiary/aromatic N) is 2. The van der Waals surface area contributed by atoms with Crippen molar-refractivity contribution in [1.82, 2.24) is 10.1 Å². The van der Waals surface area contributed by atoms with Gasteiger partial charge < -0.3 is 4.52 Å². The zero-order valence-electron chi connectivity index (χ0n) is 14.4. The number of thiazole rings is 1. The van der Waals surface area contributed by atoms with Crippen LogP contribution < -0.4 is 0 Å². The summed E-state index contributed by atoms with van der Waals surface area (Å²) in [7, 11) is 0. The molecule has 0 fully saturated rings. The van der Waals surface area contributed by atoms with E-state index in [0.29, 0.717) is 31.8 Å². The zero-order chi connectivity index (χ0) is 19.8. The van der Waals surface area contributed by atoms with Gasteiger partial charge in [-0.1, -0.05) is 34.4 Å². The van der Waals surface area contributed by atoms with E-state index in [-0.39, 0.29) is 22.1 Å². The molecule has 4 rings (SSSR count). The lowest BCUT2D eigenvalue weighted by Gasteiger charge is -2.04. The second-order valence-corrected chi connectivity index (χ2v) is 7.80. The standard InChI is InChI=1S/C20H11Cl2FN2O2S/c1-10-16(18(25-27-10)17-13(22)3-2-4-14(17)23)20-24-9-15(28-20)19(26)11-5-7-12(21)8-6-11/h2-9H,1H3. The van der Waals surface area contributed by atoms with Crippen LogP contribution in [-0.4, -0.2) is 15.9 Å². The van der Waals surface area contributed by atoms with Crippen molar-refractivity contribution in [2.45, 2.75) is 6.92 Å². The molecule has 0 saturated heterocycles. The van der Waals surface area contributed by atoms with Crippen LogP contribution in [0.2, 0.25) is 10.0 Å². The molecule has 0 radical (unpaired) electrons. The summed E-state index contributed by atoms with van der Waals surface area (Å²) in [5.74, 6) is -0.245. The van der Waals surface area contributed by atoms with Crippen molar-refractivity contribution in [2.75, 3.05) is 0 Å². The fraction of sp³-hybridized carbons (Fsp3) is 0.0500. The molecule has 28 heavy (non-hydrogen) atoms. The van der Waals surface area contributed by atoms with Gasteiger partial charge in [-0.3, -0.25) is 4.79 Å². The third-order valence-electron chi connectivity index (χ3n) is 4.11. The number of carbonyl (C=O) groups is 1. The Hall–Kier alpha value is -2.54. The van der Waals surface area contributed by atoms with Crippen LogP contribution in [0, 0.1) is 12.7 Å². The molecule has 0 atom stereocenters. The number of rotatable bonds is 4. The van der Waals surface area contributed by atoms with Crippen molar-refractivity contribution >= 4 is 40.3 Å². The lowest BCUT2D eigenvalue weighted by molar-refractivity contribution is 0.104. The second kappa shape index (κ2) is 7.47. The van der Waals surface area contributed by atoms with E-state index in [1.807, 2.05) is 0 Å². The SMILES string of the molecule is Cc1onc(-c2c(F)cccc2Cl)c1-c1ncc(C(=O)c2ccc(Cl)cc2)s1. The van der Waals surface area contributed by atoms with Gasteiger partial charge in [-0.2, -0.15) is 0 Å². The number of benzene rings is 2. The van der Waals surface area contributed by atoms with Crippen LogP contribution in [0.3, 0.4) is 0 Å². The summed E-state index contributed by atoms with van der Waals surface area (Å²) in [6.07, 6.45) is 1.48. The van der Waals surface area contributed by atoms with Gasteiger partial charge in [-0.15, -0.1) is 11.3 Å². The summed E-state index contributed by atoms with van der Waals surface area (Å²) in [6, 6.07) is 11.0. The van der Waals surface area contributed by atoms with E-state index in [0.717, 1.165) is 0 Å². The predicted octanol–water partition coefficient (Wildman–Crippen LogP) is 6.45. The van der Waals surface area contributed by atoms with Gasteiger partial charge >= 0.3 is 0 Å². The Morgan fingerprint density at radius 1 is 1.11 bits per heavy atom. The maximum atomic E-state index is 14.4. The molecule has 140 valence electrons. The molecule has 0 aliphatic carbocycles. The first-order chi connectivity index (χ1) is 13.5. The summed E-state index contributed by atoms with van der Waals surface area (Å²) in [6.45, 7) is 1.70. The van der Waals surface area contributed by atoms with Gasteiger partial charge in [0.2, 0.25) is 5.78 Å². The Bertz CT molecular complexity index is 1170. The highest BCUT2D eigenvalue weighted by molar-refractivity contribution is 7.17. The molecule has 0 aliphatic heterocycles. The van der Waals surface area contributed by atoms with E-state index in [2.05, 4.69) is 10.1 Å². The molecule has 8 heteroatoms. The summed E-state index contributed by atoms with van der Waals surface area (Å²) >= 11 is 13.2. The normalized spacial score (nSPS) is 11.0. The van der Waals surface area contributed by atoms with Crippen LogP contribution in [0.4, 0.5) is 4.39 Å². The number of ketones is 1. The highest BCUT2D eigenvalue weighted by Crippen LogP contribution is 2.40. The Kier molecular flexibility index (Phi) is 5.02. The Morgan fingerprint density at radius 3 is 2.57 bits per heavy atom. The lowest BCUT2D eigenvalue weighted by atomic mass is 10.1. The van der Waals surface area contributed by atoms with Crippen LogP contribution in [0.15, 0.2) is 53.2 Å². The minimum atomic E-state index is -0.518. The summed E-state index contributed by atoms with van der Waals surface area (Å²) in [4.78, 5) is 17.5. The van der Waals surface area contributed by atoms with Crippen molar-refractivity contribution in [2.24, 2.45) is 0 Å². The molecule has 4 nitrogen and oxygen atoms in total.